The van der Waals surface area contributed by atoms with Gasteiger partial charge in [0.15, 0.2) is 5.78 Å². The van der Waals surface area contributed by atoms with E-state index in [-0.39, 0.29) is 6.07 Å². The first-order valence-corrected chi connectivity index (χ1v) is 4.49. The van der Waals surface area contributed by atoms with Crippen molar-refractivity contribution in [2.45, 2.75) is 13.1 Å². The van der Waals surface area contributed by atoms with Gasteiger partial charge in [-0.2, -0.15) is 18.4 Å². The SMILES string of the molecule is CC(=O)c1c(C#N)cc(C(F)(F)F)cc1[N+](=O)[O-]. The Morgan fingerprint density at radius 2 is 2.00 bits per heavy atom. The lowest BCUT2D eigenvalue weighted by molar-refractivity contribution is -0.385. The quantitative estimate of drug-likeness (QED) is 0.463. The van der Waals surface area contributed by atoms with Gasteiger partial charge >= 0.3 is 6.18 Å². The number of carbonyl (C=O) groups is 1. The number of ketones is 1. The van der Waals surface area contributed by atoms with Gasteiger partial charge in [-0.1, -0.05) is 0 Å². The van der Waals surface area contributed by atoms with Gasteiger partial charge < -0.3 is 0 Å². The summed E-state index contributed by atoms with van der Waals surface area (Å²) >= 11 is 0. The number of halogens is 3. The second-order valence-electron chi connectivity index (χ2n) is 3.34. The summed E-state index contributed by atoms with van der Waals surface area (Å²) in [6, 6.07) is 2.03. The van der Waals surface area contributed by atoms with Crippen molar-refractivity contribution in [2.24, 2.45) is 0 Å². The number of nitro groups is 1. The monoisotopic (exact) mass is 258 g/mol. The number of hydrogen-bond acceptors (Lipinski definition) is 4. The van der Waals surface area contributed by atoms with Crippen molar-refractivity contribution in [2.75, 3.05) is 0 Å². The van der Waals surface area contributed by atoms with Gasteiger partial charge in [0.05, 0.1) is 16.1 Å². The molecule has 0 unspecified atom stereocenters. The Balaban J connectivity index is 3.71. The van der Waals surface area contributed by atoms with Crippen molar-refractivity contribution in [3.05, 3.63) is 38.9 Å². The number of benzene rings is 1. The molecular weight excluding hydrogens is 253 g/mol. The molecule has 0 saturated carbocycles. The number of nitrogens with zero attached hydrogens (tertiary/aromatic N) is 2. The van der Waals surface area contributed by atoms with Crippen LogP contribution in [-0.4, -0.2) is 10.7 Å². The Kier molecular flexibility index (Phi) is 3.37. The highest BCUT2D eigenvalue weighted by atomic mass is 19.4. The molecule has 1 aromatic rings. The molecule has 0 atom stereocenters. The van der Waals surface area contributed by atoms with Crippen LogP contribution in [0.15, 0.2) is 12.1 Å². The van der Waals surface area contributed by atoms with Crippen molar-refractivity contribution < 1.29 is 22.9 Å². The summed E-state index contributed by atoms with van der Waals surface area (Å²) in [5.41, 5.74) is -3.64. The van der Waals surface area contributed by atoms with E-state index >= 15 is 0 Å². The molecule has 0 heterocycles. The Morgan fingerprint density at radius 3 is 2.33 bits per heavy atom. The van der Waals surface area contributed by atoms with Crippen molar-refractivity contribution in [3.63, 3.8) is 0 Å². The molecule has 0 aliphatic rings. The first-order chi connectivity index (χ1) is 8.18. The molecule has 18 heavy (non-hydrogen) atoms. The lowest BCUT2D eigenvalue weighted by Crippen LogP contribution is -2.10. The summed E-state index contributed by atoms with van der Waals surface area (Å²) in [6.45, 7) is 0.941. The molecule has 0 aromatic heterocycles. The highest BCUT2D eigenvalue weighted by molar-refractivity contribution is 6.00. The van der Waals surface area contributed by atoms with E-state index < -0.39 is 39.3 Å². The third-order valence-corrected chi connectivity index (χ3v) is 2.11. The van der Waals surface area contributed by atoms with Crippen LogP contribution in [0.2, 0.25) is 0 Å². The van der Waals surface area contributed by atoms with Crippen LogP contribution in [0.1, 0.15) is 28.4 Å². The van der Waals surface area contributed by atoms with E-state index in [1.165, 1.54) is 6.07 Å². The number of alkyl halides is 3. The van der Waals surface area contributed by atoms with Gasteiger partial charge in [-0.25, -0.2) is 0 Å². The summed E-state index contributed by atoms with van der Waals surface area (Å²) < 4.78 is 37.4. The van der Waals surface area contributed by atoms with E-state index in [0.717, 1.165) is 6.92 Å². The smallest absolute Gasteiger partial charge is 0.294 e. The predicted octanol–water partition coefficient (Wildman–Crippen LogP) is 2.69. The van der Waals surface area contributed by atoms with E-state index in [9.17, 15) is 28.1 Å². The Morgan fingerprint density at radius 1 is 1.44 bits per heavy atom. The van der Waals surface area contributed by atoms with Crippen LogP contribution in [0.25, 0.3) is 0 Å². The molecule has 0 N–H and O–H groups in total. The van der Waals surface area contributed by atoms with E-state index in [0.29, 0.717) is 6.07 Å². The summed E-state index contributed by atoms with van der Waals surface area (Å²) in [5.74, 6) is -0.841. The number of carbonyl (C=O) groups excluding carboxylic acids is 1. The average molecular weight is 258 g/mol. The predicted molar refractivity (Wildman–Crippen MR) is 52.8 cm³/mol. The highest BCUT2D eigenvalue weighted by Gasteiger charge is 2.35. The second-order valence-corrected chi connectivity index (χ2v) is 3.34. The fourth-order valence-corrected chi connectivity index (χ4v) is 1.39. The van der Waals surface area contributed by atoms with Crippen LogP contribution in [0.4, 0.5) is 18.9 Å². The molecular formula is C10H5F3N2O3. The molecule has 5 nitrogen and oxygen atoms in total. The van der Waals surface area contributed by atoms with Gasteiger partial charge in [0.25, 0.3) is 5.69 Å². The first kappa shape index (κ1) is 13.6. The van der Waals surface area contributed by atoms with Crippen LogP contribution in [0.3, 0.4) is 0 Å². The minimum Gasteiger partial charge on any atom is -0.294 e. The summed E-state index contributed by atoms with van der Waals surface area (Å²) in [7, 11) is 0. The molecule has 94 valence electrons. The Labute approximate surface area is 98.6 Å². The van der Waals surface area contributed by atoms with Gasteiger partial charge in [-0.3, -0.25) is 14.9 Å². The summed E-state index contributed by atoms with van der Waals surface area (Å²) in [5, 5.41) is 19.3. The number of nitro benzene ring substituents is 1. The molecule has 0 bridgehead atoms. The van der Waals surface area contributed by atoms with E-state index in [1.54, 1.807) is 0 Å². The maximum absolute atomic E-state index is 12.5. The summed E-state index contributed by atoms with van der Waals surface area (Å²) in [6.07, 6.45) is -4.83. The Hall–Kier alpha value is -2.43. The molecule has 0 saturated heterocycles. The van der Waals surface area contributed by atoms with Crippen molar-refractivity contribution in [1.29, 1.82) is 5.26 Å². The zero-order valence-electron chi connectivity index (χ0n) is 8.91. The van der Waals surface area contributed by atoms with Gasteiger partial charge in [-0.05, 0) is 13.0 Å². The summed E-state index contributed by atoms with van der Waals surface area (Å²) in [4.78, 5) is 20.7. The second kappa shape index (κ2) is 4.44. The molecule has 0 radical (unpaired) electrons. The fraction of sp³-hybridized carbons (Fsp3) is 0.200. The molecule has 1 rings (SSSR count). The maximum atomic E-state index is 12.5. The van der Waals surface area contributed by atoms with Crippen molar-refractivity contribution in [1.82, 2.24) is 0 Å². The van der Waals surface area contributed by atoms with Crippen LogP contribution in [0, 0.1) is 21.4 Å². The molecule has 0 fully saturated rings. The number of Topliss-reactive ketones (excluding diaryl/α,β-unsaturated/α-hetero) is 1. The van der Waals surface area contributed by atoms with Gasteiger partial charge in [0.2, 0.25) is 0 Å². The number of hydrogen-bond donors (Lipinski definition) is 0. The first-order valence-electron chi connectivity index (χ1n) is 4.49. The topological polar surface area (TPSA) is 84.0 Å². The molecule has 0 aliphatic heterocycles. The third-order valence-electron chi connectivity index (χ3n) is 2.11. The van der Waals surface area contributed by atoms with E-state index in [1.807, 2.05) is 0 Å². The van der Waals surface area contributed by atoms with Gasteiger partial charge in [0.1, 0.15) is 11.6 Å². The van der Waals surface area contributed by atoms with Crippen LogP contribution < -0.4 is 0 Å². The molecule has 0 amide bonds. The average Bonchev–Trinajstić information content (AvgIpc) is 2.25. The lowest BCUT2D eigenvalue weighted by atomic mass is 9.99. The van der Waals surface area contributed by atoms with Gasteiger partial charge in [-0.15, -0.1) is 0 Å². The number of rotatable bonds is 2. The minimum atomic E-state index is -4.83. The van der Waals surface area contributed by atoms with Crippen molar-refractivity contribution in [3.8, 4) is 6.07 Å². The number of nitriles is 1. The molecule has 1 aromatic carbocycles. The minimum absolute atomic E-state index is 0.248. The van der Waals surface area contributed by atoms with Crippen LogP contribution >= 0.6 is 0 Å². The molecule has 0 aliphatic carbocycles. The zero-order valence-corrected chi connectivity index (χ0v) is 8.91. The zero-order chi connectivity index (χ0) is 14.1. The highest BCUT2D eigenvalue weighted by Crippen LogP contribution is 2.34. The van der Waals surface area contributed by atoms with Crippen LogP contribution in [-0.2, 0) is 6.18 Å². The van der Waals surface area contributed by atoms with E-state index in [4.69, 9.17) is 5.26 Å². The third kappa shape index (κ3) is 2.45. The van der Waals surface area contributed by atoms with Crippen molar-refractivity contribution >= 4 is 11.5 Å². The van der Waals surface area contributed by atoms with Gasteiger partial charge in [0, 0.05) is 6.07 Å². The molecule has 0 spiro atoms. The largest absolute Gasteiger partial charge is 0.416 e. The van der Waals surface area contributed by atoms with E-state index in [2.05, 4.69) is 0 Å². The van der Waals surface area contributed by atoms with Crippen LogP contribution in [0.5, 0.6) is 0 Å². The standard InChI is InChI=1S/C10H5F3N2O3/c1-5(16)9-6(4-14)2-7(10(11,12)13)3-8(9)15(17)18/h2-3H,1H3. The molecule has 8 heteroatoms. The maximum Gasteiger partial charge on any atom is 0.416 e. The Bertz CT molecular complexity index is 573. The normalized spacial score (nSPS) is 10.8. The lowest BCUT2D eigenvalue weighted by Gasteiger charge is -2.09. The fourth-order valence-electron chi connectivity index (χ4n) is 1.39.